The Bertz CT molecular complexity index is 749. The van der Waals surface area contributed by atoms with Gasteiger partial charge in [0.05, 0.1) is 12.8 Å². The normalized spacial score (nSPS) is 11.6. The summed E-state index contributed by atoms with van der Waals surface area (Å²) in [6.07, 6.45) is 1.65. The average Bonchev–Trinajstić information content (AvgIpc) is 2.60. The molecular formula is C18H18BrFN2O2S. The Hall–Kier alpha value is -2.12. The molecule has 2 N–H and O–H groups in total. The molecule has 25 heavy (non-hydrogen) atoms. The molecule has 0 aliphatic carbocycles. The highest BCUT2D eigenvalue weighted by Gasteiger charge is 2.11. The number of nitrogens with two attached hydrogens (primary N) is 1. The minimum Gasteiger partial charge on any atom is -0.466 e. The van der Waals surface area contributed by atoms with Crippen LogP contribution in [0.5, 0.6) is 0 Å². The van der Waals surface area contributed by atoms with Crippen LogP contribution in [0.15, 0.2) is 65.2 Å². The van der Waals surface area contributed by atoms with Gasteiger partial charge in [-0.3, -0.25) is 0 Å². The molecule has 2 aromatic carbocycles. The molecule has 2 rings (SSSR count). The van der Waals surface area contributed by atoms with Crippen molar-refractivity contribution < 1.29 is 13.9 Å². The van der Waals surface area contributed by atoms with Gasteiger partial charge in [0.15, 0.2) is 5.17 Å². The highest BCUT2D eigenvalue weighted by Crippen LogP contribution is 2.17. The third-order valence-electron chi connectivity index (χ3n) is 3.03. The van der Waals surface area contributed by atoms with Gasteiger partial charge in [-0.15, -0.1) is 17.0 Å². The van der Waals surface area contributed by atoms with E-state index in [-0.39, 0.29) is 22.8 Å². The molecule has 0 aromatic heterocycles. The fourth-order valence-corrected chi connectivity index (χ4v) is 2.54. The predicted molar refractivity (Wildman–Crippen MR) is 107 cm³/mol. The topological polar surface area (TPSA) is 64.7 Å². The maximum atomic E-state index is 13.0. The minimum absolute atomic E-state index is 0. The van der Waals surface area contributed by atoms with E-state index in [0.717, 1.165) is 5.69 Å². The summed E-state index contributed by atoms with van der Waals surface area (Å²) in [5.74, 6) is -0.494. The van der Waals surface area contributed by atoms with Gasteiger partial charge in [0.1, 0.15) is 5.82 Å². The van der Waals surface area contributed by atoms with Gasteiger partial charge in [0, 0.05) is 11.3 Å². The van der Waals surface area contributed by atoms with E-state index < -0.39 is 5.97 Å². The van der Waals surface area contributed by atoms with Crippen LogP contribution in [0.4, 0.5) is 10.1 Å². The Morgan fingerprint density at radius 3 is 2.44 bits per heavy atom. The first-order chi connectivity index (χ1) is 11.6. The Labute approximate surface area is 160 Å². The van der Waals surface area contributed by atoms with Crippen molar-refractivity contribution in [3.63, 3.8) is 0 Å². The fourth-order valence-electron chi connectivity index (χ4n) is 1.86. The van der Waals surface area contributed by atoms with Gasteiger partial charge < -0.3 is 10.5 Å². The Morgan fingerprint density at radius 2 is 1.84 bits per heavy atom. The van der Waals surface area contributed by atoms with Crippen LogP contribution >= 0.6 is 28.7 Å². The van der Waals surface area contributed by atoms with Crippen molar-refractivity contribution in [1.29, 1.82) is 0 Å². The number of carbonyl (C=O) groups is 1. The number of para-hydroxylation sites is 1. The first-order valence-electron chi connectivity index (χ1n) is 7.15. The Kier molecular flexibility index (Phi) is 8.94. The number of hydrogen-bond donors (Lipinski definition) is 1. The van der Waals surface area contributed by atoms with Crippen molar-refractivity contribution in [2.75, 3.05) is 12.9 Å². The number of carbonyl (C=O) groups excluding carboxylic acids is 1. The van der Waals surface area contributed by atoms with E-state index in [1.165, 1.54) is 31.0 Å². The molecule has 0 spiro atoms. The molecule has 7 heteroatoms. The average molecular weight is 425 g/mol. The summed E-state index contributed by atoms with van der Waals surface area (Å²) in [7, 11) is 1.31. The van der Waals surface area contributed by atoms with E-state index in [1.54, 1.807) is 18.2 Å². The molecule has 0 radical (unpaired) electrons. The number of amidine groups is 1. The summed E-state index contributed by atoms with van der Waals surface area (Å²) in [5.41, 5.74) is 7.75. The third-order valence-corrected chi connectivity index (χ3v) is 3.87. The molecule has 0 unspecified atom stereocenters. The molecule has 0 saturated heterocycles. The predicted octanol–water partition coefficient (Wildman–Crippen LogP) is 4.34. The lowest BCUT2D eigenvalue weighted by Gasteiger charge is -2.06. The van der Waals surface area contributed by atoms with E-state index in [2.05, 4.69) is 4.99 Å². The number of hydrogen-bond acceptors (Lipinski definition) is 4. The van der Waals surface area contributed by atoms with Crippen molar-refractivity contribution in [1.82, 2.24) is 0 Å². The Morgan fingerprint density at radius 1 is 1.20 bits per heavy atom. The zero-order valence-electron chi connectivity index (χ0n) is 13.5. The first-order valence-corrected chi connectivity index (χ1v) is 8.13. The lowest BCUT2D eigenvalue weighted by molar-refractivity contribution is -0.135. The SMILES string of the molecule is Br.COC(=O)/C(=C/c1ccc(F)cc1)CSC(N)=Nc1ccccc1. The zero-order valence-corrected chi connectivity index (χ0v) is 16.0. The van der Waals surface area contributed by atoms with Crippen LogP contribution in [0, 0.1) is 5.82 Å². The minimum atomic E-state index is -0.459. The van der Waals surface area contributed by atoms with Gasteiger partial charge in [0.25, 0.3) is 0 Å². The molecule has 0 amide bonds. The van der Waals surface area contributed by atoms with Gasteiger partial charge in [0.2, 0.25) is 0 Å². The second-order valence-electron chi connectivity index (χ2n) is 4.79. The van der Waals surface area contributed by atoms with Crippen LogP contribution in [0.1, 0.15) is 5.56 Å². The number of methoxy groups -OCH3 is 1. The molecule has 0 aliphatic rings. The largest absolute Gasteiger partial charge is 0.466 e. The summed E-state index contributed by atoms with van der Waals surface area (Å²) in [6.45, 7) is 0. The van der Waals surface area contributed by atoms with Crippen molar-refractivity contribution in [2.45, 2.75) is 0 Å². The maximum Gasteiger partial charge on any atom is 0.334 e. The van der Waals surface area contributed by atoms with Gasteiger partial charge >= 0.3 is 5.97 Å². The van der Waals surface area contributed by atoms with Crippen LogP contribution in [-0.4, -0.2) is 24.0 Å². The standard InChI is InChI=1S/C18H17FN2O2S.BrH/c1-23-17(22)14(11-13-7-9-15(19)10-8-13)12-24-18(20)21-16-5-3-2-4-6-16;/h2-11H,12H2,1H3,(H2,20,21);1H/b14-11+;. The fraction of sp³-hybridized carbons (Fsp3) is 0.111. The second-order valence-corrected chi connectivity index (χ2v) is 5.78. The molecule has 0 heterocycles. The van der Waals surface area contributed by atoms with Crippen LogP contribution < -0.4 is 5.73 Å². The number of esters is 1. The molecule has 0 fully saturated rings. The third kappa shape index (κ3) is 7.11. The molecule has 132 valence electrons. The number of nitrogens with zero attached hydrogens (tertiary/aromatic N) is 1. The number of aliphatic imine (C=N–C) groups is 1. The van der Waals surface area contributed by atoms with Crippen molar-refractivity contribution in [3.05, 3.63) is 71.6 Å². The van der Waals surface area contributed by atoms with E-state index >= 15 is 0 Å². The van der Waals surface area contributed by atoms with Crippen molar-refractivity contribution in [2.24, 2.45) is 10.7 Å². The zero-order chi connectivity index (χ0) is 17.4. The quantitative estimate of drug-likeness (QED) is 0.335. The van der Waals surface area contributed by atoms with Crippen LogP contribution in [0.25, 0.3) is 6.08 Å². The van der Waals surface area contributed by atoms with Crippen LogP contribution in [0.3, 0.4) is 0 Å². The molecule has 4 nitrogen and oxygen atoms in total. The highest BCUT2D eigenvalue weighted by atomic mass is 79.9. The second kappa shape index (κ2) is 10.7. The van der Waals surface area contributed by atoms with Gasteiger partial charge in [-0.25, -0.2) is 14.2 Å². The van der Waals surface area contributed by atoms with Crippen molar-refractivity contribution in [3.8, 4) is 0 Å². The lowest BCUT2D eigenvalue weighted by atomic mass is 10.1. The summed E-state index contributed by atoms with van der Waals surface area (Å²) < 4.78 is 17.7. The monoisotopic (exact) mass is 424 g/mol. The van der Waals surface area contributed by atoms with Crippen LogP contribution in [0.2, 0.25) is 0 Å². The summed E-state index contributed by atoms with van der Waals surface area (Å²) in [6, 6.07) is 15.1. The van der Waals surface area contributed by atoms with Gasteiger partial charge in [-0.1, -0.05) is 42.1 Å². The number of ether oxygens (including phenoxy) is 1. The highest BCUT2D eigenvalue weighted by molar-refractivity contribution is 8.93. The molecule has 0 bridgehead atoms. The number of halogens is 2. The van der Waals surface area contributed by atoms with Crippen LogP contribution in [-0.2, 0) is 9.53 Å². The summed E-state index contributed by atoms with van der Waals surface area (Å²) in [5, 5.41) is 0.343. The van der Waals surface area contributed by atoms with E-state index in [1.807, 2.05) is 30.3 Å². The van der Waals surface area contributed by atoms with E-state index in [4.69, 9.17) is 10.5 Å². The first kappa shape index (κ1) is 20.9. The maximum absolute atomic E-state index is 13.0. The van der Waals surface area contributed by atoms with Gasteiger partial charge in [-0.05, 0) is 35.9 Å². The van der Waals surface area contributed by atoms with E-state index in [0.29, 0.717) is 22.1 Å². The van der Waals surface area contributed by atoms with Gasteiger partial charge in [-0.2, -0.15) is 0 Å². The molecule has 0 aliphatic heterocycles. The molecule has 2 aromatic rings. The summed E-state index contributed by atoms with van der Waals surface area (Å²) in [4.78, 5) is 16.2. The Balaban J connectivity index is 0.00000312. The van der Waals surface area contributed by atoms with Crippen molar-refractivity contribution >= 4 is 51.6 Å². The van der Waals surface area contributed by atoms with E-state index in [9.17, 15) is 9.18 Å². The smallest absolute Gasteiger partial charge is 0.334 e. The number of benzene rings is 2. The summed E-state index contributed by atoms with van der Waals surface area (Å²) >= 11 is 1.23. The number of rotatable bonds is 5. The number of thioether (sulfide) groups is 1. The molecular weight excluding hydrogens is 407 g/mol. The lowest BCUT2D eigenvalue weighted by Crippen LogP contribution is -2.12. The molecule has 0 atom stereocenters. The molecule has 0 saturated carbocycles.